The molecule has 1 fully saturated rings. The Labute approximate surface area is 132 Å². The molecule has 5 heteroatoms. The summed E-state index contributed by atoms with van der Waals surface area (Å²) in [5.74, 6) is 1.96. The van der Waals surface area contributed by atoms with Gasteiger partial charge in [0.05, 0.1) is 7.11 Å². The predicted octanol–water partition coefficient (Wildman–Crippen LogP) is 1.87. The minimum atomic E-state index is 0.0371. The second-order valence-corrected chi connectivity index (χ2v) is 6.01. The Morgan fingerprint density at radius 2 is 1.77 bits per heavy atom. The first-order chi connectivity index (χ1) is 10.6. The Hall–Kier alpha value is -1.75. The molecular weight excluding hydrogens is 280 g/mol. The molecule has 1 aromatic carbocycles. The molecular formula is C17H26N2O3. The largest absolute Gasteiger partial charge is 0.493 e. The fourth-order valence-electron chi connectivity index (χ4n) is 2.67. The summed E-state index contributed by atoms with van der Waals surface area (Å²) in [5, 5.41) is 0. The van der Waals surface area contributed by atoms with Crippen LogP contribution in [0.2, 0.25) is 0 Å². The van der Waals surface area contributed by atoms with E-state index in [0.29, 0.717) is 17.4 Å². The first kappa shape index (κ1) is 16.6. The summed E-state index contributed by atoms with van der Waals surface area (Å²) in [4.78, 5) is 16.5. The van der Waals surface area contributed by atoms with Crippen LogP contribution in [0, 0.1) is 5.92 Å². The molecule has 122 valence electrons. The zero-order valence-electron chi connectivity index (χ0n) is 13.7. The van der Waals surface area contributed by atoms with Crippen molar-refractivity contribution in [2.75, 3.05) is 46.4 Å². The molecule has 22 heavy (non-hydrogen) atoms. The summed E-state index contributed by atoms with van der Waals surface area (Å²) in [5.41, 5.74) is 0. The van der Waals surface area contributed by atoms with Crippen LogP contribution in [-0.2, 0) is 4.79 Å². The average Bonchev–Trinajstić information content (AvgIpc) is 2.53. The minimum absolute atomic E-state index is 0.0371. The highest BCUT2D eigenvalue weighted by atomic mass is 16.5. The van der Waals surface area contributed by atoms with Gasteiger partial charge in [0.15, 0.2) is 18.1 Å². The summed E-state index contributed by atoms with van der Waals surface area (Å²) in [7, 11) is 1.60. The van der Waals surface area contributed by atoms with Gasteiger partial charge in [0, 0.05) is 32.7 Å². The minimum Gasteiger partial charge on any atom is -0.493 e. The molecule has 0 spiro atoms. The van der Waals surface area contributed by atoms with Gasteiger partial charge in [-0.2, -0.15) is 0 Å². The average molecular weight is 306 g/mol. The van der Waals surface area contributed by atoms with Crippen molar-refractivity contribution in [2.45, 2.75) is 13.8 Å². The smallest absolute Gasteiger partial charge is 0.260 e. The fourth-order valence-corrected chi connectivity index (χ4v) is 2.67. The molecule has 0 aliphatic carbocycles. The summed E-state index contributed by atoms with van der Waals surface area (Å²) in [6.07, 6.45) is 0. The lowest BCUT2D eigenvalue weighted by Crippen LogP contribution is -2.50. The number of para-hydroxylation sites is 2. The zero-order chi connectivity index (χ0) is 15.9. The topological polar surface area (TPSA) is 42.0 Å². The standard InChI is InChI=1S/C17H26N2O3/c1-14(2)12-18-8-10-19(11-9-18)17(20)13-22-16-7-5-4-6-15(16)21-3/h4-7,14H,8-13H2,1-3H3. The molecule has 2 rings (SSSR count). The van der Waals surface area contributed by atoms with Gasteiger partial charge >= 0.3 is 0 Å². The molecule has 1 saturated heterocycles. The molecule has 1 heterocycles. The van der Waals surface area contributed by atoms with E-state index in [0.717, 1.165) is 32.7 Å². The molecule has 0 bridgehead atoms. The highest BCUT2D eigenvalue weighted by Gasteiger charge is 2.21. The number of hydrogen-bond acceptors (Lipinski definition) is 4. The molecule has 0 atom stereocenters. The molecule has 0 unspecified atom stereocenters. The number of hydrogen-bond donors (Lipinski definition) is 0. The van der Waals surface area contributed by atoms with Crippen molar-refractivity contribution in [3.8, 4) is 11.5 Å². The number of ether oxygens (including phenoxy) is 2. The van der Waals surface area contributed by atoms with E-state index in [4.69, 9.17) is 9.47 Å². The molecule has 0 N–H and O–H groups in total. The molecule has 0 saturated carbocycles. The van der Waals surface area contributed by atoms with Gasteiger partial charge in [0.1, 0.15) is 0 Å². The number of carbonyl (C=O) groups excluding carboxylic acids is 1. The van der Waals surface area contributed by atoms with Crippen molar-refractivity contribution in [1.29, 1.82) is 0 Å². The maximum absolute atomic E-state index is 12.2. The number of amides is 1. The summed E-state index contributed by atoms with van der Waals surface area (Å²) < 4.78 is 10.8. The molecule has 0 aromatic heterocycles. The summed E-state index contributed by atoms with van der Waals surface area (Å²) >= 11 is 0. The van der Waals surface area contributed by atoms with Crippen molar-refractivity contribution in [3.05, 3.63) is 24.3 Å². The van der Waals surface area contributed by atoms with Gasteiger partial charge in [0.2, 0.25) is 0 Å². The van der Waals surface area contributed by atoms with Gasteiger partial charge in [-0.05, 0) is 18.1 Å². The van der Waals surface area contributed by atoms with Gasteiger partial charge in [0.25, 0.3) is 5.91 Å². The lowest BCUT2D eigenvalue weighted by atomic mass is 10.2. The lowest BCUT2D eigenvalue weighted by molar-refractivity contribution is -0.135. The second kappa shape index (κ2) is 8.03. The Balaban J connectivity index is 1.79. The van der Waals surface area contributed by atoms with Crippen LogP contribution < -0.4 is 9.47 Å². The van der Waals surface area contributed by atoms with Crippen molar-refractivity contribution >= 4 is 5.91 Å². The molecule has 1 aliphatic rings. The number of rotatable bonds is 6. The number of nitrogens with zero attached hydrogens (tertiary/aromatic N) is 2. The number of benzene rings is 1. The zero-order valence-corrected chi connectivity index (χ0v) is 13.7. The van der Waals surface area contributed by atoms with Crippen LogP contribution in [0.5, 0.6) is 11.5 Å². The Kier molecular flexibility index (Phi) is 6.07. The van der Waals surface area contributed by atoms with Crippen molar-refractivity contribution < 1.29 is 14.3 Å². The molecule has 0 radical (unpaired) electrons. The van der Waals surface area contributed by atoms with Crippen LogP contribution in [0.1, 0.15) is 13.8 Å². The third-order valence-electron chi connectivity index (χ3n) is 3.77. The van der Waals surface area contributed by atoms with Crippen molar-refractivity contribution in [2.24, 2.45) is 5.92 Å². The molecule has 1 aliphatic heterocycles. The van der Waals surface area contributed by atoms with E-state index in [2.05, 4.69) is 18.7 Å². The number of methoxy groups -OCH3 is 1. The molecule has 1 aromatic rings. The predicted molar refractivity (Wildman–Crippen MR) is 86.3 cm³/mol. The maximum atomic E-state index is 12.2. The Bertz CT molecular complexity index is 483. The maximum Gasteiger partial charge on any atom is 0.260 e. The van der Waals surface area contributed by atoms with Crippen molar-refractivity contribution in [1.82, 2.24) is 9.80 Å². The normalized spacial score (nSPS) is 15.9. The Morgan fingerprint density at radius 3 is 2.36 bits per heavy atom. The van der Waals surface area contributed by atoms with E-state index in [-0.39, 0.29) is 12.5 Å². The summed E-state index contributed by atoms with van der Waals surface area (Å²) in [6.45, 7) is 9.04. The van der Waals surface area contributed by atoms with E-state index < -0.39 is 0 Å². The third kappa shape index (κ3) is 4.63. The van der Waals surface area contributed by atoms with Gasteiger partial charge in [-0.15, -0.1) is 0 Å². The van der Waals surface area contributed by atoms with E-state index in [1.54, 1.807) is 7.11 Å². The van der Waals surface area contributed by atoms with Gasteiger partial charge in [-0.1, -0.05) is 26.0 Å². The van der Waals surface area contributed by atoms with Crippen LogP contribution in [0.4, 0.5) is 0 Å². The Morgan fingerprint density at radius 1 is 1.14 bits per heavy atom. The van der Waals surface area contributed by atoms with Crippen LogP contribution in [-0.4, -0.2) is 62.1 Å². The van der Waals surface area contributed by atoms with E-state index >= 15 is 0 Å². The summed E-state index contributed by atoms with van der Waals surface area (Å²) in [6, 6.07) is 7.38. The number of piperazine rings is 1. The monoisotopic (exact) mass is 306 g/mol. The van der Waals surface area contributed by atoms with Crippen molar-refractivity contribution in [3.63, 3.8) is 0 Å². The van der Waals surface area contributed by atoms with Crippen LogP contribution in [0.15, 0.2) is 24.3 Å². The SMILES string of the molecule is COc1ccccc1OCC(=O)N1CCN(CC(C)C)CC1. The van der Waals surface area contributed by atoms with E-state index in [1.807, 2.05) is 29.2 Å². The third-order valence-corrected chi connectivity index (χ3v) is 3.77. The first-order valence-electron chi connectivity index (χ1n) is 7.86. The van der Waals surface area contributed by atoms with E-state index in [9.17, 15) is 4.79 Å². The van der Waals surface area contributed by atoms with Gasteiger partial charge < -0.3 is 14.4 Å². The van der Waals surface area contributed by atoms with Crippen LogP contribution in [0.3, 0.4) is 0 Å². The fraction of sp³-hybridized carbons (Fsp3) is 0.588. The highest BCUT2D eigenvalue weighted by molar-refractivity contribution is 5.78. The van der Waals surface area contributed by atoms with E-state index in [1.165, 1.54) is 0 Å². The van der Waals surface area contributed by atoms with Gasteiger partial charge in [-0.3, -0.25) is 9.69 Å². The quantitative estimate of drug-likeness (QED) is 0.805. The van der Waals surface area contributed by atoms with Gasteiger partial charge in [-0.25, -0.2) is 0 Å². The molecule has 5 nitrogen and oxygen atoms in total. The van der Waals surface area contributed by atoms with Crippen LogP contribution >= 0.6 is 0 Å². The number of carbonyl (C=O) groups is 1. The first-order valence-corrected chi connectivity index (χ1v) is 7.86. The van der Waals surface area contributed by atoms with Crippen LogP contribution in [0.25, 0.3) is 0 Å². The lowest BCUT2D eigenvalue weighted by Gasteiger charge is -2.35. The highest BCUT2D eigenvalue weighted by Crippen LogP contribution is 2.25. The second-order valence-electron chi connectivity index (χ2n) is 6.01. The molecule has 1 amide bonds.